The number of quaternary nitrogens is 1. The van der Waals surface area contributed by atoms with E-state index < -0.39 is 0 Å². The minimum absolute atomic E-state index is 0.290. The van der Waals surface area contributed by atoms with E-state index in [1.165, 1.54) is 11.1 Å². The third-order valence-corrected chi connectivity index (χ3v) is 3.23. The van der Waals surface area contributed by atoms with Crippen LogP contribution >= 0.6 is 0 Å². The number of hydrogen-bond acceptors (Lipinski definition) is 1. The molecule has 0 aromatic heterocycles. The van der Waals surface area contributed by atoms with Gasteiger partial charge in [0, 0.05) is 12.0 Å². The summed E-state index contributed by atoms with van der Waals surface area (Å²) in [5.74, 6) is 0. The van der Waals surface area contributed by atoms with Crippen LogP contribution in [0.3, 0.4) is 0 Å². The molecule has 0 fully saturated rings. The molecule has 2 heteroatoms. The first-order valence-corrected chi connectivity index (χ1v) is 5.25. The maximum Gasteiger partial charge on any atom is 0.105 e. The minimum Gasteiger partial charge on any atom is -0.391 e. The third kappa shape index (κ3) is 1.81. The molecule has 1 N–H and O–H groups in total. The number of aliphatic hydroxyl groups excluding tert-OH is 1. The fourth-order valence-corrected chi connectivity index (χ4v) is 2.27. The van der Waals surface area contributed by atoms with Crippen LogP contribution in [0.15, 0.2) is 24.3 Å². The Bertz CT molecular complexity index is 324. The maximum atomic E-state index is 9.02. The van der Waals surface area contributed by atoms with Crippen LogP contribution in [0.5, 0.6) is 0 Å². The molecule has 0 saturated carbocycles. The number of rotatable bonds is 2. The molecule has 1 aromatic rings. The van der Waals surface area contributed by atoms with Crippen molar-refractivity contribution >= 4 is 0 Å². The van der Waals surface area contributed by atoms with E-state index in [2.05, 4.69) is 31.3 Å². The summed E-state index contributed by atoms with van der Waals surface area (Å²) in [7, 11) is 2.23. The smallest absolute Gasteiger partial charge is 0.105 e. The third-order valence-electron chi connectivity index (χ3n) is 3.23. The summed E-state index contributed by atoms with van der Waals surface area (Å²) in [4.78, 5) is 0. The molecule has 0 amide bonds. The Balaban J connectivity index is 2.20. The molecule has 1 aliphatic rings. The summed E-state index contributed by atoms with van der Waals surface area (Å²) in [5.41, 5.74) is 2.94. The first-order valence-electron chi connectivity index (χ1n) is 5.25. The summed E-state index contributed by atoms with van der Waals surface area (Å²) in [6.45, 7) is 3.38. The van der Waals surface area contributed by atoms with Gasteiger partial charge in [0.05, 0.1) is 20.2 Å². The van der Waals surface area contributed by atoms with Crippen molar-refractivity contribution in [3.05, 3.63) is 35.4 Å². The topological polar surface area (TPSA) is 20.2 Å². The first kappa shape index (κ1) is 9.69. The molecule has 76 valence electrons. The van der Waals surface area contributed by atoms with Gasteiger partial charge in [-0.05, 0) is 5.56 Å². The minimum atomic E-state index is 0.290. The number of fused-ring (bicyclic) bond motifs is 1. The van der Waals surface area contributed by atoms with Crippen molar-refractivity contribution < 1.29 is 9.59 Å². The van der Waals surface area contributed by atoms with Gasteiger partial charge in [-0.3, -0.25) is 0 Å². The van der Waals surface area contributed by atoms with E-state index >= 15 is 0 Å². The molecule has 0 saturated heterocycles. The number of likely N-dealkylation sites (N-methyl/N-ethyl adjacent to an activating group) is 1. The van der Waals surface area contributed by atoms with E-state index in [9.17, 15) is 0 Å². The molecule has 1 aromatic carbocycles. The predicted molar refractivity (Wildman–Crippen MR) is 56.9 cm³/mol. The average molecular weight is 192 g/mol. The highest BCUT2D eigenvalue weighted by Gasteiger charge is 2.27. The Morgan fingerprint density at radius 1 is 1.29 bits per heavy atom. The van der Waals surface area contributed by atoms with Crippen LogP contribution in [-0.4, -0.2) is 36.3 Å². The van der Waals surface area contributed by atoms with Gasteiger partial charge in [0.15, 0.2) is 0 Å². The summed E-state index contributed by atoms with van der Waals surface area (Å²) in [5, 5.41) is 9.02. The molecule has 14 heavy (non-hydrogen) atoms. The summed E-state index contributed by atoms with van der Waals surface area (Å²) in [6.07, 6.45) is 1.15. The SMILES string of the molecule is C[N+]1(CCO)CCc2ccccc2C1. The standard InChI is InChI=1S/C12H18NO/c1-13(8-9-14)7-6-11-4-2-3-5-12(11)10-13/h2-5,14H,6-10H2,1H3/q+1. The quantitative estimate of drug-likeness (QED) is 0.698. The largest absolute Gasteiger partial charge is 0.391 e. The zero-order valence-electron chi connectivity index (χ0n) is 8.74. The van der Waals surface area contributed by atoms with Crippen LogP contribution in [0.25, 0.3) is 0 Å². The number of aliphatic hydroxyl groups is 1. The second kappa shape index (κ2) is 3.71. The molecular formula is C12H18NO+. The fourth-order valence-electron chi connectivity index (χ4n) is 2.27. The maximum absolute atomic E-state index is 9.02. The van der Waals surface area contributed by atoms with Crippen LogP contribution in [0.4, 0.5) is 0 Å². The van der Waals surface area contributed by atoms with Crippen molar-refractivity contribution in [3.8, 4) is 0 Å². The van der Waals surface area contributed by atoms with Crippen molar-refractivity contribution in [2.45, 2.75) is 13.0 Å². The lowest BCUT2D eigenvalue weighted by Gasteiger charge is -2.38. The Morgan fingerprint density at radius 3 is 2.71 bits per heavy atom. The highest BCUT2D eigenvalue weighted by molar-refractivity contribution is 5.27. The van der Waals surface area contributed by atoms with E-state index in [-0.39, 0.29) is 0 Å². The zero-order valence-corrected chi connectivity index (χ0v) is 8.74. The molecule has 2 rings (SSSR count). The Hall–Kier alpha value is -0.860. The fraction of sp³-hybridized carbons (Fsp3) is 0.500. The van der Waals surface area contributed by atoms with Crippen LogP contribution in [0.2, 0.25) is 0 Å². The summed E-state index contributed by atoms with van der Waals surface area (Å²) < 4.78 is 0.980. The molecule has 0 spiro atoms. The van der Waals surface area contributed by atoms with Gasteiger partial charge in [-0.15, -0.1) is 0 Å². The molecule has 0 radical (unpaired) electrons. The van der Waals surface area contributed by atoms with Crippen LogP contribution < -0.4 is 0 Å². The molecule has 0 aliphatic carbocycles. The Labute approximate surface area is 85.4 Å². The molecule has 1 heterocycles. The van der Waals surface area contributed by atoms with Crippen molar-refractivity contribution in [2.75, 3.05) is 26.7 Å². The lowest BCUT2D eigenvalue weighted by molar-refractivity contribution is -0.924. The molecule has 1 atom stereocenters. The van der Waals surface area contributed by atoms with Crippen LogP contribution in [0.1, 0.15) is 11.1 Å². The van der Waals surface area contributed by atoms with Gasteiger partial charge < -0.3 is 9.59 Å². The van der Waals surface area contributed by atoms with Crippen molar-refractivity contribution in [1.29, 1.82) is 0 Å². The van der Waals surface area contributed by atoms with Crippen molar-refractivity contribution in [1.82, 2.24) is 0 Å². The molecule has 2 nitrogen and oxygen atoms in total. The average Bonchev–Trinajstić information content (AvgIpc) is 2.17. The van der Waals surface area contributed by atoms with E-state index in [0.717, 1.165) is 30.5 Å². The van der Waals surface area contributed by atoms with Crippen molar-refractivity contribution in [3.63, 3.8) is 0 Å². The second-order valence-corrected chi connectivity index (χ2v) is 4.47. The van der Waals surface area contributed by atoms with E-state index in [0.29, 0.717) is 6.61 Å². The van der Waals surface area contributed by atoms with Gasteiger partial charge in [-0.1, -0.05) is 24.3 Å². The second-order valence-electron chi connectivity index (χ2n) is 4.47. The predicted octanol–water partition coefficient (Wildman–Crippen LogP) is 1.18. The van der Waals surface area contributed by atoms with Gasteiger partial charge in [0.1, 0.15) is 13.1 Å². The van der Waals surface area contributed by atoms with Crippen molar-refractivity contribution in [2.24, 2.45) is 0 Å². The van der Waals surface area contributed by atoms with Crippen LogP contribution in [0, 0.1) is 0 Å². The Kier molecular flexibility index (Phi) is 2.57. The van der Waals surface area contributed by atoms with E-state index in [4.69, 9.17) is 5.11 Å². The number of hydrogen-bond donors (Lipinski definition) is 1. The normalized spacial score (nSPS) is 25.9. The molecule has 1 aliphatic heterocycles. The van der Waals surface area contributed by atoms with Gasteiger partial charge in [-0.25, -0.2) is 0 Å². The lowest BCUT2D eigenvalue weighted by atomic mass is 9.98. The first-order chi connectivity index (χ1) is 6.73. The van der Waals surface area contributed by atoms with Gasteiger partial charge >= 0.3 is 0 Å². The molecule has 0 bridgehead atoms. The van der Waals surface area contributed by atoms with E-state index in [1.807, 2.05) is 0 Å². The van der Waals surface area contributed by atoms with Gasteiger partial charge in [0.2, 0.25) is 0 Å². The zero-order chi connectivity index (χ0) is 10.0. The summed E-state index contributed by atoms with van der Waals surface area (Å²) >= 11 is 0. The summed E-state index contributed by atoms with van der Waals surface area (Å²) in [6, 6.07) is 8.65. The lowest BCUT2D eigenvalue weighted by Crippen LogP contribution is -2.49. The van der Waals surface area contributed by atoms with E-state index in [1.54, 1.807) is 0 Å². The highest BCUT2D eigenvalue weighted by atomic mass is 16.3. The van der Waals surface area contributed by atoms with Gasteiger partial charge in [-0.2, -0.15) is 0 Å². The molecular weight excluding hydrogens is 174 g/mol. The van der Waals surface area contributed by atoms with Crippen LogP contribution in [-0.2, 0) is 13.0 Å². The molecule has 1 unspecified atom stereocenters. The van der Waals surface area contributed by atoms with Gasteiger partial charge in [0.25, 0.3) is 0 Å². The number of benzene rings is 1. The Morgan fingerprint density at radius 2 is 2.00 bits per heavy atom. The number of nitrogens with zero attached hydrogens (tertiary/aromatic N) is 1. The highest BCUT2D eigenvalue weighted by Crippen LogP contribution is 2.22. The monoisotopic (exact) mass is 192 g/mol.